The molecule has 188 valence electrons. The number of halogens is 1. The number of nitriles is 1. The van der Waals surface area contributed by atoms with E-state index in [9.17, 15) is 14.9 Å². The van der Waals surface area contributed by atoms with Crippen LogP contribution >= 0.6 is 23.4 Å². The number of ketones is 1. The third-order valence-electron chi connectivity index (χ3n) is 5.97. The summed E-state index contributed by atoms with van der Waals surface area (Å²) < 4.78 is 0. The van der Waals surface area contributed by atoms with E-state index in [1.165, 1.54) is 11.8 Å². The van der Waals surface area contributed by atoms with Crippen LogP contribution < -0.4 is 5.32 Å². The van der Waals surface area contributed by atoms with Gasteiger partial charge in [-0.15, -0.1) is 11.8 Å². The van der Waals surface area contributed by atoms with Crippen molar-refractivity contribution in [3.63, 3.8) is 0 Å². The minimum absolute atomic E-state index is 0.0211. The Kier molecular flexibility index (Phi) is 9.53. The summed E-state index contributed by atoms with van der Waals surface area (Å²) in [6.07, 6.45) is 0.0211. The second kappa shape index (κ2) is 13.4. The van der Waals surface area contributed by atoms with Gasteiger partial charge in [0.25, 0.3) is 5.91 Å². The Morgan fingerprint density at radius 2 is 1.34 bits per heavy atom. The number of allylic oxidation sites excluding steroid dienone is 1. The van der Waals surface area contributed by atoms with Crippen molar-refractivity contribution < 1.29 is 9.59 Å². The molecule has 4 nitrogen and oxygen atoms in total. The van der Waals surface area contributed by atoms with Crippen LogP contribution in [0.1, 0.15) is 44.2 Å². The molecule has 4 rings (SSSR count). The Balaban J connectivity index is 1.78. The van der Waals surface area contributed by atoms with Crippen LogP contribution in [0.3, 0.4) is 0 Å². The lowest BCUT2D eigenvalue weighted by Gasteiger charge is -2.21. The van der Waals surface area contributed by atoms with E-state index >= 15 is 0 Å². The van der Waals surface area contributed by atoms with E-state index in [-0.39, 0.29) is 23.7 Å². The summed E-state index contributed by atoms with van der Waals surface area (Å²) in [5.74, 6) is -0.583. The molecule has 0 aliphatic rings. The van der Waals surface area contributed by atoms with Crippen LogP contribution in [0.25, 0.3) is 0 Å². The van der Waals surface area contributed by atoms with Crippen LogP contribution in [0.4, 0.5) is 0 Å². The largest absolute Gasteiger partial charge is 0.316 e. The fourth-order valence-corrected chi connectivity index (χ4v) is 5.29. The molecule has 38 heavy (non-hydrogen) atoms. The molecule has 0 spiro atoms. The van der Waals surface area contributed by atoms with E-state index < -0.39 is 5.92 Å². The third-order valence-corrected chi connectivity index (χ3v) is 7.40. The summed E-state index contributed by atoms with van der Waals surface area (Å²) in [5, 5.41) is 14.3. The fraction of sp³-hybridized carbons (Fsp3) is 0.0938. The molecule has 4 aromatic rings. The summed E-state index contributed by atoms with van der Waals surface area (Å²) in [7, 11) is 0. The lowest BCUT2D eigenvalue weighted by atomic mass is 9.86. The number of carbonyl (C=O) groups excluding carboxylic acids is 2. The molecule has 0 aliphatic heterocycles. The highest BCUT2D eigenvalue weighted by atomic mass is 35.5. The van der Waals surface area contributed by atoms with Crippen LogP contribution in [0.15, 0.2) is 126 Å². The zero-order valence-corrected chi connectivity index (χ0v) is 22.1. The van der Waals surface area contributed by atoms with Gasteiger partial charge in [-0.2, -0.15) is 5.26 Å². The summed E-state index contributed by atoms with van der Waals surface area (Å²) in [6.45, 7) is 0. The second-order valence-electron chi connectivity index (χ2n) is 8.52. The average molecular weight is 537 g/mol. The van der Waals surface area contributed by atoms with Gasteiger partial charge in [-0.25, -0.2) is 0 Å². The van der Waals surface area contributed by atoms with E-state index in [0.717, 1.165) is 5.56 Å². The molecular formula is C32H25ClN2O2S. The van der Waals surface area contributed by atoms with Crippen LogP contribution in [0.5, 0.6) is 0 Å². The molecule has 1 unspecified atom stereocenters. The molecule has 1 amide bonds. The molecule has 4 aromatic carbocycles. The number of hydrogen-bond acceptors (Lipinski definition) is 4. The molecule has 0 radical (unpaired) electrons. The maximum absolute atomic E-state index is 13.3. The van der Waals surface area contributed by atoms with Crippen LogP contribution in [0, 0.1) is 11.3 Å². The first-order chi connectivity index (χ1) is 18.6. The first-order valence-electron chi connectivity index (χ1n) is 12.1. The standard InChI is InChI=1S/C32H25ClN2O2S/c33-29-19-11-10-18-26(29)27(20-30(36)24-14-6-2-7-15-24)28(21-34)32(38-22-23-12-4-1-5-13-23)35-31(37)25-16-8-3-9-17-25/h1-19,27H,20,22H2,(H,35,37)/b32-28+. The highest BCUT2D eigenvalue weighted by Crippen LogP contribution is 2.38. The van der Waals surface area contributed by atoms with Crippen molar-refractivity contribution in [2.24, 2.45) is 0 Å². The summed E-state index contributed by atoms with van der Waals surface area (Å²) in [5.41, 5.74) is 3.00. The highest BCUT2D eigenvalue weighted by molar-refractivity contribution is 8.02. The highest BCUT2D eigenvalue weighted by Gasteiger charge is 2.27. The van der Waals surface area contributed by atoms with E-state index in [1.807, 2.05) is 54.6 Å². The van der Waals surface area contributed by atoms with Gasteiger partial charge < -0.3 is 5.32 Å². The smallest absolute Gasteiger partial charge is 0.256 e. The molecule has 1 atom stereocenters. The van der Waals surface area contributed by atoms with Gasteiger partial charge in [-0.05, 0) is 29.3 Å². The van der Waals surface area contributed by atoms with Gasteiger partial charge in [0.2, 0.25) is 0 Å². The third kappa shape index (κ3) is 7.01. The van der Waals surface area contributed by atoms with Gasteiger partial charge in [0.05, 0.1) is 16.7 Å². The monoisotopic (exact) mass is 536 g/mol. The Labute approximate surface area is 232 Å². The van der Waals surface area contributed by atoms with Crippen molar-refractivity contribution in [2.45, 2.75) is 18.1 Å². The van der Waals surface area contributed by atoms with Gasteiger partial charge in [0.15, 0.2) is 5.78 Å². The molecule has 6 heteroatoms. The van der Waals surface area contributed by atoms with Crippen molar-refractivity contribution in [3.8, 4) is 6.07 Å². The zero-order chi connectivity index (χ0) is 26.7. The topological polar surface area (TPSA) is 70.0 Å². The first kappa shape index (κ1) is 26.9. The Bertz CT molecular complexity index is 1470. The number of benzene rings is 4. The molecule has 0 saturated heterocycles. The molecule has 1 N–H and O–H groups in total. The van der Waals surface area contributed by atoms with E-state index in [4.69, 9.17) is 11.6 Å². The van der Waals surface area contributed by atoms with Crippen molar-refractivity contribution in [3.05, 3.63) is 153 Å². The van der Waals surface area contributed by atoms with Crippen LogP contribution in [-0.2, 0) is 5.75 Å². The molecular weight excluding hydrogens is 512 g/mol. The van der Waals surface area contributed by atoms with Gasteiger partial charge >= 0.3 is 0 Å². The van der Waals surface area contributed by atoms with E-state index in [1.54, 1.807) is 60.7 Å². The predicted octanol–water partition coefficient (Wildman–Crippen LogP) is 7.80. The lowest BCUT2D eigenvalue weighted by Crippen LogP contribution is -2.24. The normalized spacial score (nSPS) is 12.1. The van der Waals surface area contributed by atoms with Crippen molar-refractivity contribution >= 4 is 35.1 Å². The molecule has 0 fully saturated rings. The van der Waals surface area contributed by atoms with E-state index in [2.05, 4.69) is 11.4 Å². The van der Waals surface area contributed by atoms with Crippen molar-refractivity contribution in [1.29, 1.82) is 5.26 Å². The summed E-state index contributed by atoms with van der Waals surface area (Å²) in [6, 6.07) is 37.1. The van der Waals surface area contributed by atoms with Gasteiger partial charge in [-0.1, -0.05) is 109 Å². The predicted molar refractivity (Wildman–Crippen MR) is 154 cm³/mol. The van der Waals surface area contributed by atoms with Gasteiger partial charge in [-0.3, -0.25) is 9.59 Å². The summed E-state index contributed by atoms with van der Waals surface area (Å²) in [4.78, 5) is 26.5. The molecule has 0 aliphatic carbocycles. The quantitative estimate of drug-likeness (QED) is 0.166. The minimum atomic E-state index is -0.657. The maximum atomic E-state index is 13.3. The average Bonchev–Trinajstić information content (AvgIpc) is 2.97. The SMILES string of the molecule is N#C/C(=C(/NC(=O)c1ccccc1)SCc1ccccc1)C(CC(=O)c1ccccc1)c1ccccc1Cl. The molecule has 0 saturated carbocycles. The number of Topliss-reactive ketones (excluding diaryl/α,β-unsaturated/α-hetero) is 1. The Hall–Kier alpha value is -4.11. The Morgan fingerprint density at radius 3 is 1.95 bits per heavy atom. The number of thioether (sulfide) groups is 1. The number of carbonyl (C=O) groups is 2. The second-order valence-corrected chi connectivity index (χ2v) is 9.91. The van der Waals surface area contributed by atoms with Gasteiger partial charge in [0, 0.05) is 34.2 Å². The van der Waals surface area contributed by atoms with Crippen LogP contribution in [0.2, 0.25) is 5.02 Å². The van der Waals surface area contributed by atoms with Crippen molar-refractivity contribution in [2.75, 3.05) is 0 Å². The number of nitrogens with zero attached hydrogens (tertiary/aromatic N) is 1. The van der Waals surface area contributed by atoms with Crippen molar-refractivity contribution in [1.82, 2.24) is 5.32 Å². The van der Waals surface area contributed by atoms with E-state index in [0.29, 0.717) is 32.5 Å². The first-order valence-corrected chi connectivity index (χ1v) is 13.4. The number of hydrogen-bond donors (Lipinski definition) is 1. The Morgan fingerprint density at radius 1 is 0.789 bits per heavy atom. The lowest BCUT2D eigenvalue weighted by molar-refractivity contribution is 0.0966. The van der Waals surface area contributed by atoms with Crippen LogP contribution in [-0.4, -0.2) is 11.7 Å². The maximum Gasteiger partial charge on any atom is 0.256 e. The number of nitrogens with one attached hydrogen (secondary N) is 1. The molecule has 0 aromatic heterocycles. The molecule has 0 bridgehead atoms. The van der Waals surface area contributed by atoms with Gasteiger partial charge in [0.1, 0.15) is 0 Å². The number of amides is 1. The zero-order valence-electron chi connectivity index (χ0n) is 20.5. The fourth-order valence-electron chi connectivity index (χ4n) is 4.02. The minimum Gasteiger partial charge on any atom is -0.316 e. The molecule has 0 heterocycles. The summed E-state index contributed by atoms with van der Waals surface area (Å²) >= 11 is 7.94. The number of rotatable bonds is 10.